The van der Waals surface area contributed by atoms with E-state index in [1.165, 1.54) is 10.5 Å². The minimum Gasteiger partial charge on any atom is -0.346 e. The monoisotopic (exact) mass is 436 g/mol. The molecule has 1 aliphatic rings. The molecule has 0 atom stereocenters. The second kappa shape index (κ2) is 9.85. The second-order valence-corrected chi connectivity index (χ2v) is 8.58. The molecular formula is C25H32N4O3. The fourth-order valence-corrected chi connectivity index (χ4v) is 3.91. The van der Waals surface area contributed by atoms with Crippen molar-refractivity contribution in [2.75, 3.05) is 26.2 Å². The van der Waals surface area contributed by atoms with Crippen LogP contribution in [-0.2, 0) is 14.4 Å². The zero-order chi connectivity index (χ0) is 23.4. The predicted molar refractivity (Wildman–Crippen MR) is 125 cm³/mol. The van der Waals surface area contributed by atoms with Gasteiger partial charge in [0, 0.05) is 55.4 Å². The van der Waals surface area contributed by atoms with E-state index >= 15 is 0 Å². The van der Waals surface area contributed by atoms with Crippen molar-refractivity contribution in [1.82, 2.24) is 19.7 Å². The summed E-state index contributed by atoms with van der Waals surface area (Å²) < 4.78 is 2.18. The van der Waals surface area contributed by atoms with Gasteiger partial charge in [-0.2, -0.15) is 0 Å². The lowest BCUT2D eigenvalue weighted by Gasteiger charge is -2.33. The van der Waals surface area contributed by atoms with Crippen molar-refractivity contribution in [2.24, 2.45) is 0 Å². The second-order valence-electron chi connectivity index (χ2n) is 8.58. The number of amides is 3. The SMILES string of the molecule is Cc1ccc(-n2c(C)cc(/C=C/C(=O)N3CCN(C(=O)C(=O)NC(C)C)CC3)c2C)cc1. The summed E-state index contributed by atoms with van der Waals surface area (Å²) in [5.74, 6) is -1.22. The van der Waals surface area contributed by atoms with Crippen molar-refractivity contribution in [3.05, 3.63) is 58.9 Å². The molecule has 0 radical (unpaired) electrons. The molecule has 2 aromatic rings. The molecule has 1 aliphatic heterocycles. The van der Waals surface area contributed by atoms with Crippen LogP contribution in [0.3, 0.4) is 0 Å². The smallest absolute Gasteiger partial charge is 0.312 e. The minimum atomic E-state index is -0.594. The highest BCUT2D eigenvalue weighted by Gasteiger charge is 2.27. The van der Waals surface area contributed by atoms with Crippen molar-refractivity contribution in [2.45, 2.75) is 40.7 Å². The van der Waals surface area contributed by atoms with E-state index in [0.29, 0.717) is 26.2 Å². The molecule has 3 amide bonds. The third-order valence-corrected chi connectivity index (χ3v) is 5.66. The molecule has 1 N–H and O–H groups in total. The minimum absolute atomic E-state index is 0.0904. The number of benzene rings is 1. The van der Waals surface area contributed by atoms with Crippen molar-refractivity contribution >= 4 is 23.8 Å². The Kier molecular flexibility index (Phi) is 7.18. The van der Waals surface area contributed by atoms with Gasteiger partial charge in [-0.3, -0.25) is 14.4 Å². The van der Waals surface area contributed by atoms with Gasteiger partial charge in [0.25, 0.3) is 0 Å². The molecule has 1 fully saturated rings. The van der Waals surface area contributed by atoms with E-state index in [1.807, 2.05) is 26.8 Å². The van der Waals surface area contributed by atoms with Crippen molar-refractivity contribution in [1.29, 1.82) is 0 Å². The normalized spacial score (nSPS) is 14.3. The molecule has 1 aromatic carbocycles. The van der Waals surface area contributed by atoms with Crippen LogP contribution in [0, 0.1) is 20.8 Å². The summed E-state index contributed by atoms with van der Waals surface area (Å²) in [6.45, 7) is 11.3. The van der Waals surface area contributed by atoms with Gasteiger partial charge in [-0.25, -0.2) is 0 Å². The summed E-state index contributed by atoms with van der Waals surface area (Å²) in [6, 6.07) is 10.3. The number of hydrogen-bond donors (Lipinski definition) is 1. The molecule has 1 aromatic heterocycles. The first-order valence-electron chi connectivity index (χ1n) is 11.0. The van der Waals surface area contributed by atoms with E-state index in [1.54, 1.807) is 11.0 Å². The molecule has 1 saturated heterocycles. The lowest BCUT2D eigenvalue weighted by atomic mass is 10.2. The highest BCUT2D eigenvalue weighted by atomic mass is 16.2. The molecule has 2 heterocycles. The molecule has 0 bridgehead atoms. The Labute approximate surface area is 189 Å². The molecule has 7 heteroatoms. The number of nitrogens with one attached hydrogen (secondary N) is 1. The fourth-order valence-electron chi connectivity index (χ4n) is 3.91. The van der Waals surface area contributed by atoms with E-state index < -0.39 is 11.8 Å². The average molecular weight is 437 g/mol. The van der Waals surface area contributed by atoms with Crippen LogP contribution >= 0.6 is 0 Å². The van der Waals surface area contributed by atoms with E-state index in [9.17, 15) is 14.4 Å². The fraction of sp³-hybridized carbons (Fsp3) is 0.400. The lowest BCUT2D eigenvalue weighted by Crippen LogP contribution is -2.54. The molecule has 7 nitrogen and oxygen atoms in total. The van der Waals surface area contributed by atoms with Crippen LogP contribution in [0.15, 0.2) is 36.4 Å². The van der Waals surface area contributed by atoms with E-state index in [0.717, 1.165) is 22.6 Å². The van der Waals surface area contributed by atoms with E-state index in [2.05, 4.69) is 54.1 Å². The maximum atomic E-state index is 12.7. The number of nitrogens with zero attached hydrogens (tertiary/aromatic N) is 3. The van der Waals surface area contributed by atoms with Crippen LogP contribution in [0.1, 0.15) is 36.4 Å². The van der Waals surface area contributed by atoms with Crippen LogP contribution in [-0.4, -0.2) is 64.3 Å². The van der Waals surface area contributed by atoms with Crippen LogP contribution in [0.2, 0.25) is 0 Å². The number of hydrogen-bond acceptors (Lipinski definition) is 3. The van der Waals surface area contributed by atoms with Gasteiger partial charge >= 0.3 is 11.8 Å². The molecular weight excluding hydrogens is 404 g/mol. The number of aromatic nitrogens is 1. The molecule has 0 aliphatic carbocycles. The Bertz CT molecular complexity index is 1030. The third kappa shape index (κ3) is 5.28. The summed E-state index contributed by atoms with van der Waals surface area (Å²) in [7, 11) is 0. The Balaban J connectivity index is 1.62. The lowest BCUT2D eigenvalue weighted by molar-refractivity contribution is -0.148. The van der Waals surface area contributed by atoms with E-state index in [4.69, 9.17) is 0 Å². The molecule has 0 saturated carbocycles. The first-order chi connectivity index (χ1) is 15.2. The highest BCUT2D eigenvalue weighted by Crippen LogP contribution is 2.22. The summed E-state index contributed by atoms with van der Waals surface area (Å²) in [4.78, 5) is 40.0. The largest absolute Gasteiger partial charge is 0.346 e. The van der Waals surface area contributed by atoms with Crippen LogP contribution in [0.25, 0.3) is 11.8 Å². The van der Waals surface area contributed by atoms with Gasteiger partial charge in [-0.15, -0.1) is 0 Å². The summed E-state index contributed by atoms with van der Waals surface area (Å²) in [5, 5.41) is 2.61. The Morgan fingerprint density at radius 3 is 2.12 bits per heavy atom. The molecule has 32 heavy (non-hydrogen) atoms. The summed E-state index contributed by atoms with van der Waals surface area (Å²) in [5.41, 5.74) is 5.48. The van der Waals surface area contributed by atoms with Gasteiger partial charge in [0.05, 0.1) is 0 Å². The molecule has 0 unspecified atom stereocenters. The molecule has 170 valence electrons. The molecule has 0 spiro atoms. The van der Waals surface area contributed by atoms with Crippen molar-refractivity contribution in [3.8, 4) is 5.69 Å². The summed E-state index contributed by atoms with van der Waals surface area (Å²) in [6.07, 6.45) is 3.44. The predicted octanol–water partition coefficient (Wildman–Crippen LogP) is 2.61. The zero-order valence-corrected chi connectivity index (χ0v) is 19.5. The first-order valence-corrected chi connectivity index (χ1v) is 11.0. The number of aryl methyl sites for hydroxylation is 2. The molecule has 3 rings (SSSR count). The third-order valence-electron chi connectivity index (χ3n) is 5.66. The number of carbonyl (C=O) groups excluding carboxylic acids is 3. The van der Waals surface area contributed by atoms with Crippen LogP contribution in [0.4, 0.5) is 0 Å². The number of rotatable bonds is 4. The number of piperazine rings is 1. The number of carbonyl (C=O) groups is 3. The summed E-state index contributed by atoms with van der Waals surface area (Å²) >= 11 is 0. The Morgan fingerprint density at radius 1 is 0.938 bits per heavy atom. The van der Waals surface area contributed by atoms with Crippen LogP contribution < -0.4 is 5.32 Å². The van der Waals surface area contributed by atoms with Gasteiger partial charge < -0.3 is 19.7 Å². The highest BCUT2D eigenvalue weighted by molar-refractivity contribution is 6.35. The van der Waals surface area contributed by atoms with Gasteiger partial charge in [-0.05, 0) is 64.5 Å². The van der Waals surface area contributed by atoms with Gasteiger partial charge in [-0.1, -0.05) is 17.7 Å². The van der Waals surface area contributed by atoms with Gasteiger partial charge in [0.1, 0.15) is 0 Å². The Hall–Kier alpha value is -3.35. The zero-order valence-electron chi connectivity index (χ0n) is 19.5. The first kappa shape index (κ1) is 23.3. The van der Waals surface area contributed by atoms with Crippen LogP contribution in [0.5, 0.6) is 0 Å². The average Bonchev–Trinajstić information content (AvgIpc) is 3.05. The van der Waals surface area contributed by atoms with Crippen molar-refractivity contribution in [3.63, 3.8) is 0 Å². The maximum absolute atomic E-state index is 12.7. The van der Waals surface area contributed by atoms with Gasteiger partial charge in [0.15, 0.2) is 0 Å². The van der Waals surface area contributed by atoms with Crippen molar-refractivity contribution < 1.29 is 14.4 Å². The quantitative estimate of drug-likeness (QED) is 0.591. The van der Waals surface area contributed by atoms with Gasteiger partial charge in [0.2, 0.25) is 5.91 Å². The Morgan fingerprint density at radius 2 is 1.53 bits per heavy atom. The van der Waals surface area contributed by atoms with E-state index in [-0.39, 0.29) is 11.9 Å². The standard InChI is InChI=1S/C25H32N4O3/c1-17(2)26-24(31)25(32)28-14-12-27(13-15-28)23(30)11-8-21-16-19(4)29(20(21)5)22-9-6-18(3)7-10-22/h6-11,16-17H,12-15H2,1-5H3,(H,26,31)/b11-8+. The topological polar surface area (TPSA) is 74.7 Å². The maximum Gasteiger partial charge on any atom is 0.312 e.